The molecule has 0 bridgehead atoms. The molecular weight excluding hydrogens is 335 g/mol. The third-order valence-electron chi connectivity index (χ3n) is 4.34. The topological polar surface area (TPSA) is 58.4 Å². The van der Waals surface area contributed by atoms with Crippen molar-refractivity contribution in [1.82, 2.24) is 14.7 Å². The molecule has 5 nitrogen and oxygen atoms in total. The Morgan fingerprint density at radius 2 is 2.08 bits per heavy atom. The molecule has 1 aromatic heterocycles. The molecule has 2 atom stereocenters. The highest BCUT2D eigenvalue weighted by Crippen LogP contribution is 2.40. The van der Waals surface area contributed by atoms with Crippen molar-refractivity contribution in [3.05, 3.63) is 53.3 Å². The third kappa shape index (κ3) is 3.68. The molecule has 1 amide bonds. The fourth-order valence-electron chi connectivity index (χ4n) is 3.27. The van der Waals surface area contributed by atoms with Gasteiger partial charge < -0.3 is 10.0 Å². The summed E-state index contributed by atoms with van der Waals surface area (Å²) >= 11 is 0. The van der Waals surface area contributed by atoms with Crippen molar-refractivity contribution >= 4 is 5.91 Å². The molecule has 1 saturated heterocycles. The average Bonchev–Trinajstić information content (AvgIpc) is 3.12. The third-order valence-corrected chi connectivity index (χ3v) is 4.34. The van der Waals surface area contributed by atoms with E-state index in [2.05, 4.69) is 5.10 Å². The van der Waals surface area contributed by atoms with Gasteiger partial charge in [0.25, 0.3) is 0 Å². The van der Waals surface area contributed by atoms with E-state index in [4.69, 9.17) is 0 Å². The maximum atomic E-state index is 13.3. The minimum atomic E-state index is -4.51. The minimum Gasteiger partial charge on any atom is -0.391 e. The molecule has 2 heterocycles. The monoisotopic (exact) mass is 353 g/mol. The van der Waals surface area contributed by atoms with Crippen LogP contribution in [0, 0.1) is 0 Å². The zero-order chi connectivity index (χ0) is 18.2. The van der Waals surface area contributed by atoms with E-state index in [9.17, 15) is 23.1 Å². The van der Waals surface area contributed by atoms with Crippen LogP contribution in [0.5, 0.6) is 0 Å². The number of likely N-dealkylation sites (tertiary alicyclic amines) is 1. The number of rotatable bonds is 3. The number of benzene rings is 1. The van der Waals surface area contributed by atoms with Crippen molar-refractivity contribution in [3.63, 3.8) is 0 Å². The maximum Gasteiger partial charge on any atom is 0.416 e. The Morgan fingerprint density at radius 3 is 2.72 bits per heavy atom. The van der Waals surface area contributed by atoms with Gasteiger partial charge in [-0.15, -0.1) is 0 Å². The summed E-state index contributed by atoms with van der Waals surface area (Å²) in [6.07, 6.45) is -2.00. The molecule has 0 unspecified atom stereocenters. The van der Waals surface area contributed by atoms with E-state index in [1.807, 2.05) is 0 Å². The van der Waals surface area contributed by atoms with Gasteiger partial charge in [-0.3, -0.25) is 9.48 Å². The van der Waals surface area contributed by atoms with Crippen molar-refractivity contribution in [3.8, 4) is 0 Å². The number of hydrogen-bond acceptors (Lipinski definition) is 3. The Bertz CT molecular complexity index is 772. The molecule has 2 aromatic rings. The lowest BCUT2D eigenvalue weighted by Crippen LogP contribution is -2.33. The van der Waals surface area contributed by atoms with Gasteiger partial charge in [0.05, 0.1) is 30.3 Å². The second-order valence-corrected chi connectivity index (χ2v) is 6.24. The number of aliphatic hydroxyl groups excluding tert-OH is 1. The van der Waals surface area contributed by atoms with Crippen LogP contribution in [0.25, 0.3) is 0 Å². The summed E-state index contributed by atoms with van der Waals surface area (Å²) < 4.78 is 41.5. The second-order valence-electron chi connectivity index (χ2n) is 6.24. The number of β-amino-alcohol motifs (C(OH)–C–C–N with tert-alkyl or cyclic N) is 1. The molecule has 1 N–H and O–H groups in total. The van der Waals surface area contributed by atoms with Crippen molar-refractivity contribution in [2.75, 3.05) is 6.54 Å². The number of halogens is 3. The first kappa shape index (κ1) is 17.5. The van der Waals surface area contributed by atoms with Gasteiger partial charge in [0.2, 0.25) is 5.91 Å². The highest BCUT2D eigenvalue weighted by atomic mass is 19.4. The summed E-state index contributed by atoms with van der Waals surface area (Å²) in [6, 6.07) is 4.41. The molecule has 1 aliphatic rings. The van der Waals surface area contributed by atoms with Gasteiger partial charge in [-0.2, -0.15) is 18.3 Å². The van der Waals surface area contributed by atoms with Crippen LogP contribution in [0.4, 0.5) is 13.2 Å². The van der Waals surface area contributed by atoms with Crippen LogP contribution < -0.4 is 0 Å². The van der Waals surface area contributed by atoms with Crippen molar-refractivity contribution in [2.45, 2.75) is 31.2 Å². The molecule has 1 aromatic carbocycles. The lowest BCUT2D eigenvalue weighted by Gasteiger charge is -2.27. The highest BCUT2D eigenvalue weighted by Gasteiger charge is 2.41. The number of alkyl halides is 3. The minimum absolute atomic E-state index is 0.0195. The number of carbonyl (C=O) groups excluding carboxylic acids is 1. The molecule has 3 rings (SSSR count). The Hall–Kier alpha value is -2.35. The van der Waals surface area contributed by atoms with Gasteiger partial charge in [-0.1, -0.05) is 18.2 Å². The zero-order valence-corrected chi connectivity index (χ0v) is 13.6. The van der Waals surface area contributed by atoms with Crippen LogP contribution >= 0.6 is 0 Å². The van der Waals surface area contributed by atoms with Gasteiger partial charge >= 0.3 is 6.18 Å². The number of aliphatic hydroxyl groups is 1. The highest BCUT2D eigenvalue weighted by molar-refractivity contribution is 5.79. The van der Waals surface area contributed by atoms with Gasteiger partial charge in [0, 0.05) is 19.8 Å². The first-order valence-corrected chi connectivity index (χ1v) is 7.87. The molecular formula is C17H18F3N3O2. The van der Waals surface area contributed by atoms with Gasteiger partial charge in [0.1, 0.15) is 0 Å². The molecule has 8 heteroatoms. The predicted molar refractivity (Wildman–Crippen MR) is 83.4 cm³/mol. The van der Waals surface area contributed by atoms with Crippen LogP contribution in [-0.2, 0) is 24.4 Å². The number of amides is 1. The largest absolute Gasteiger partial charge is 0.416 e. The van der Waals surface area contributed by atoms with Gasteiger partial charge in [-0.25, -0.2) is 0 Å². The van der Waals surface area contributed by atoms with Crippen molar-refractivity contribution < 1.29 is 23.1 Å². The van der Waals surface area contributed by atoms with Crippen LogP contribution in [0.2, 0.25) is 0 Å². The number of nitrogens with zero attached hydrogens (tertiary/aromatic N) is 3. The summed E-state index contributed by atoms with van der Waals surface area (Å²) in [6.45, 7) is 0.0238. The van der Waals surface area contributed by atoms with E-state index >= 15 is 0 Å². The Labute approximate surface area is 142 Å². The lowest BCUT2D eigenvalue weighted by atomic mass is 9.97. The van der Waals surface area contributed by atoms with E-state index in [0.717, 1.165) is 6.07 Å². The summed E-state index contributed by atoms with van der Waals surface area (Å²) in [7, 11) is 1.72. The molecule has 0 saturated carbocycles. The van der Waals surface area contributed by atoms with Crippen LogP contribution in [0.1, 0.15) is 29.2 Å². The van der Waals surface area contributed by atoms with E-state index in [1.54, 1.807) is 24.1 Å². The fraction of sp³-hybridized carbons (Fsp3) is 0.412. The normalized spacial score (nSPS) is 20.9. The summed E-state index contributed by atoms with van der Waals surface area (Å²) in [5.41, 5.74) is -0.0730. The Balaban J connectivity index is 1.89. The summed E-state index contributed by atoms with van der Waals surface area (Å²) in [4.78, 5) is 13.9. The summed E-state index contributed by atoms with van der Waals surface area (Å²) in [5, 5.41) is 13.9. The first-order chi connectivity index (χ1) is 11.8. The quantitative estimate of drug-likeness (QED) is 0.921. The van der Waals surface area contributed by atoms with E-state index in [-0.39, 0.29) is 30.9 Å². The molecule has 0 spiro atoms. The lowest BCUT2D eigenvalue weighted by molar-refractivity contribution is -0.140. The number of hydrogen-bond donors (Lipinski definition) is 1. The number of carbonyl (C=O) groups is 1. The SMILES string of the molecule is Cn1cc(CC(=O)N2C[C@@H](O)C[C@@H]2c2ccccc2C(F)(F)F)cn1. The van der Waals surface area contributed by atoms with Crippen molar-refractivity contribution in [1.29, 1.82) is 0 Å². The standard InChI is InChI=1S/C17H18F3N3O2/c1-22-9-11(8-21-22)6-16(25)23-10-12(24)7-15(23)13-4-2-3-5-14(13)17(18,19)20/h2-5,8-9,12,15,24H,6-7,10H2,1H3/t12-,15+/m0/s1. The van der Waals surface area contributed by atoms with Crippen LogP contribution in [-0.4, -0.2) is 38.3 Å². The Kier molecular flexibility index (Phi) is 4.55. The molecule has 134 valence electrons. The average molecular weight is 353 g/mol. The number of aromatic nitrogens is 2. The van der Waals surface area contributed by atoms with Crippen LogP contribution in [0.3, 0.4) is 0 Å². The fourth-order valence-corrected chi connectivity index (χ4v) is 3.27. The molecule has 0 radical (unpaired) electrons. The smallest absolute Gasteiger partial charge is 0.391 e. The van der Waals surface area contributed by atoms with Gasteiger partial charge in [-0.05, 0) is 23.6 Å². The van der Waals surface area contributed by atoms with E-state index in [1.165, 1.54) is 23.1 Å². The van der Waals surface area contributed by atoms with E-state index < -0.39 is 23.9 Å². The second kappa shape index (κ2) is 6.51. The predicted octanol–water partition coefficient (Wildman–Crippen LogP) is 2.32. The first-order valence-electron chi connectivity index (χ1n) is 7.87. The van der Waals surface area contributed by atoms with E-state index in [0.29, 0.717) is 5.56 Å². The van der Waals surface area contributed by atoms with Crippen molar-refractivity contribution in [2.24, 2.45) is 7.05 Å². The van der Waals surface area contributed by atoms with Gasteiger partial charge in [0.15, 0.2) is 0 Å². The maximum absolute atomic E-state index is 13.3. The molecule has 1 aliphatic heterocycles. The molecule has 1 fully saturated rings. The number of aryl methyl sites for hydroxylation is 1. The zero-order valence-electron chi connectivity index (χ0n) is 13.6. The Morgan fingerprint density at radius 1 is 1.36 bits per heavy atom. The molecule has 25 heavy (non-hydrogen) atoms. The molecule has 0 aliphatic carbocycles. The van der Waals surface area contributed by atoms with Crippen LogP contribution in [0.15, 0.2) is 36.7 Å². The summed E-state index contributed by atoms with van der Waals surface area (Å²) in [5.74, 6) is -0.327.